The molecule has 0 aliphatic heterocycles. The van der Waals surface area contributed by atoms with Gasteiger partial charge in [-0.05, 0) is 49.9 Å². The van der Waals surface area contributed by atoms with Gasteiger partial charge in [-0.2, -0.15) is 0 Å². The van der Waals surface area contributed by atoms with Crippen LogP contribution in [-0.2, 0) is 0 Å². The summed E-state index contributed by atoms with van der Waals surface area (Å²) in [6.45, 7) is 6.36. The van der Waals surface area contributed by atoms with Gasteiger partial charge in [0.15, 0.2) is 0 Å². The van der Waals surface area contributed by atoms with Gasteiger partial charge in [-0.3, -0.25) is 0 Å². The molecular weight excluding hydrogens is 228 g/mol. The molecule has 0 aromatic heterocycles. The second-order valence-electron chi connectivity index (χ2n) is 7.49. The average Bonchev–Trinajstić information content (AvgIpc) is 2.26. The van der Waals surface area contributed by atoms with Crippen LogP contribution in [0.25, 0.3) is 0 Å². The van der Waals surface area contributed by atoms with E-state index in [0.717, 1.165) is 19.3 Å². The van der Waals surface area contributed by atoms with E-state index in [4.69, 9.17) is 0 Å². The number of aliphatic hydroxyl groups excluding tert-OH is 2. The molecule has 0 aromatic carbocycles. The van der Waals surface area contributed by atoms with Crippen LogP contribution >= 0.6 is 0 Å². The summed E-state index contributed by atoms with van der Waals surface area (Å²) in [6, 6.07) is 0. The third-order valence-electron chi connectivity index (χ3n) is 6.49. The lowest BCUT2D eigenvalue weighted by Crippen LogP contribution is -2.78. The van der Waals surface area contributed by atoms with Crippen molar-refractivity contribution in [3.63, 3.8) is 0 Å². The molecule has 4 aliphatic carbocycles. The van der Waals surface area contributed by atoms with E-state index in [0.29, 0.717) is 23.7 Å². The van der Waals surface area contributed by atoms with E-state index in [1.54, 1.807) is 0 Å². The van der Waals surface area contributed by atoms with E-state index < -0.39 is 17.1 Å². The molecule has 3 N–H and O–H groups in total. The molecule has 7 unspecified atom stereocenters. The molecule has 0 heterocycles. The predicted octanol–water partition coefficient (Wildman–Crippen LogP) is 1.41. The molecule has 0 radical (unpaired) electrons. The van der Waals surface area contributed by atoms with Crippen LogP contribution in [0.1, 0.15) is 40.0 Å². The zero-order valence-corrected chi connectivity index (χ0v) is 11.6. The maximum Gasteiger partial charge on any atom is 0.0658 e. The maximum atomic E-state index is 10.7. The van der Waals surface area contributed by atoms with Crippen LogP contribution in [0.4, 0.5) is 0 Å². The van der Waals surface area contributed by atoms with Crippen molar-refractivity contribution in [1.29, 1.82) is 0 Å². The topological polar surface area (TPSA) is 60.7 Å². The minimum absolute atomic E-state index is 0.0287. The predicted molar refractivity (Wildman–Crippen MR) is 68.8 cm³/mol. The summed E-state index contributed by atoms with van der Waals surface area (Å²) < 4.78 is 0. The van der Waals surface area contributed by atoms with E-state index in [1.165, 1.54) is 0 Å². The smallest absolute Gasteiger partial charge is 0.0658 e. The number of fused-ring (bicyclic) bond motifs is 2. The van der Waals surface area contributed by atoms with E-state index in [1.807, 2.05) is 6.92 Å². The normalized spacial score (nSPS) is 58.5. The lowest BCUT2D eigenvalue weighted by Gasteiger charge is -2.75. The minimum atomic E-state index is -0.712. The van der Waals surface area contributed by atoms with Crippen molar-refractivity contribution in [2.75, 3.05) is 6.61 Å². The van der Waals surface area contributed by atoms with Crippen LogP contribution < -0.4 is 0 Å². The highest BCUT2D eigenvalue weighted by Crippen LogP contribution is 2.73. The number of hydrogen-bond acceptors (Lipinski definition) is 3. The quantitative estimate of drug-likeness (QED) is 0.698. The molecule has 3 heteroatoms. The third-order valence-corrected chi connectivity index (χ3v) is 6.49. The Morgan fingerprint density at radius 3 is 2.50 bits per heavy atom. The first-order chi connectivity index (χ1) is 8.36. The van der Waals surface area contributed by atoms with Crippen molar-refractivity contribution in [3.8, 4) is 0 Å². The third kappa shape index (κ3) is 1.26. The monoisotopic (exact) mass is 254 g/mol. The van der Waals surface area contributed by atoms with Crippen molar-refractivity contribution < 1.29 is 15.3 Å². The number of hydrogen-bond donors (Lipinski definition) is 3. The molecule has 4 bridgehead atoms. The SMILES string of the molecule is CC(C)C1CC(O)C2(CO)C3CCC(C)(O)C2C13. The van der Waals surface area contributed by atoms with Crippen LogP contribution in [0.3, 0.4) is 0 Å². The Labute approximate surface area is 109 Å². The Kier molecular flexibility index (Phi) is 2.66. The van der Waals surface area contributed by atoms with Crippen molar-refractivity contribution in [3.05, 3.63) is 0 Å². The van der Waals surface area contributed by atoms with Crippen LogP contribution in [0, 0.1) is 35.0 Å². The Morgan fingerprint density at radius 2 is 2.00 bits per heavy atom. The van der Waals surface area contributed by atoms with Gasteiger partial charge < -0.3 is 15.3 Å². The van der Waals surface area contributed by atoms with Crippen molar-refractivity contribution in [1.82, 2.24) is 0 Å². The van der Waals surface area contributed by atoms with Gasteiger partial charge in [0, 0.05) is 11.3 Å². The van der Waals surface area contributed by atoms with Crippen LogP contribution in [0.2, 0.25) is 0 Å². The van der Waals surface area contributed by atoms with Gasteiger partial charge in [0.05, 0.1) is 18.3 Å². The molecule has 4 saturated carbocycles. The van der Waals surface area contributed by atoms with Gasteiger partial charge in [0.1, 0.15) is 0 Å². The standard InChI is InChI=1S/C15H26O3/c1-8(2)9-6-11(17)15(7-16)10-4-5-14(3,18)13(15)12(9)10/h8-13,16-18H,4-7H2,1-3H3. The Bertz CT molecular complexity index is 352. The summed E-state index contributed by atoms with van der Waals surface area (Å²) in [5.41, 5.74) is -1.12. The first kappa shape index (κ1) is 12.9. The molecular formula is C15H26O3. The van der Waals surface area contributed by atoms with Gasteiger partial charge >= 0.3 is 0 Å². The number of rotatable bonds is 2. The molecule has 0 spiro atoms. The Hall–Kier alpha value is -0.120. The van der Waals surface area contributed by atoms with E-state index in [2.05, 4.69) is 13.8 Å². The van der Waals surface area contributed by atoms with Gasteiger partial charge in [-0.1, -0.05) is 13.8 Å². The largest absolute Gasteiger partial charge is 0.396 e. The first-order valence-corrected chi connectivity index (χ1v) is 7.37. The molecule has 104 valence electrons. The van der Waals surface area contributed by atoms with E-state index in [9.17, 15) is 15.3 Å². The molecule has 4 fully saturated rings. The first-order valence-electron chi connectivity index (χ1n) is 7.37. The van der Waals surface area contributed by atoms with Crippen molar-refractivity contribution >= 4 is 0 Å². The second-order valence-corrected chi connectivity index (χ2v) is 7.49. The molecule has 18 heavy (non-hydrogen) atoms. The molecule has 0 saturated heterocycles. The van der Waals surface area contributed by atoms with Gasteiger partial charge in [0.2, 0.25) is 0 Å². The van der Waals surface area contributed by atoms with E-state index in [-0.39, 0.29) is 12.5 Å². The molecule has 4 rings (SSSR count). The van der Waals surface area contributed by atoms with Crippen molar-refractivity contribution in [2.24, 2.45) is 35.0 Å². The highest BCUT2D eigenvalue weighted by molar-refractivity contribution is 5.23. The molecule has 0 amide bonds. The lowest BCUT2D eigenvalue weighted by atomic mass is 9.30. The summed E-state index contributed by atoms with van der Waals surface area (Å²) in [4.78, 5) is 0. The fourth-order valence-electron chi connectivity index (χ4n) is 5.79. The fourth-order valence-corrected chi connectivity index (χ4v) is 5.79. The highest BCUT2D eigenvalue weighted by atomic mass is 16.3. The summed E-state index contributed by atoms with van der Waals surface area (Å²) in [6.07, 6.45) is 2.13. The minimum Gasteiger partial charge on any atom is -0.396 e. The second kappa shape index (κ2) is 3.71. The van der Waals surface area contributed by atoms with Gasteiger partial charge in [0.25, 0.3) is 0 Å². The fraction of sp³-hybridized carbons (Fsp3) is 1.00. The Morgan fingerprint density at radius 1 is 1.33 bits per heavy atom. The average molecular weight is 254 g/mol. The van der Waals surface area contributed by atoms with Crippen LogP contribution in [0.5, 0.6) is 0 Å². The van der Waals surface area contributed by atoms with Gasteiger partial charge in [-0.15, -0.1) is 0 Å². The summed E-state index contributed by atoms with van der Waals surface area (Å²) in [5.74, 6) is 2.05. The molecule has 3 nitrogen and oxygen atoms in total. The molecule has 7 atom stereocenters. The lowest BCUT2D eigenvalue weighted by molar-refractivity contribution is -0.342. The zero-order chi connectivity index (χ0) is 13.3. The maximum absolute atomic E-state index is 10.7. The Balaban J connectivity index is 2.02. The van der Waals surface area contributed by atoms with Gasteiger partial charge in [-0.25, -0.2) is 0 Å². The molecule has 0 aromatic rings. The van der Waals surface area contributed by atoms with Crippen molar-refractivity contribution in [2.45, 2.75) is 51.7 Å². The summed E-state index contributed by atoms with van der Waals surface area (Å²) in [5, 5.41) is 31.1. The number of aliphatic hydroxyl groups is 3. The van der Waals surface area contributed by atoms with E-state index >= 15 is 0 Å². The molecule has 4 aliphatic rings. The summed E-state index contributed by atoms with van der Waals surface area (Å²) in [7, 11) is 0. The zero-order valence-electron chi connectivity index (χ0n) is 11.6. The summed E-state index contributed by atoms with van der Waals surface area (Å²) >= 11 is 0. The van der Waals surface area contributed by atoms with Crippen LogP contribution in [0.15, 0.2) is 0 Å². The van der Waals surface area contributed by atoms with Crippen LogP contribution in [-0.4, -0.2) is 33.6 Å². The highest BCUT2D eigenvalue weighted by Gasteiger charge is 2.75.